The van der Waals surface area contributed by atoms with Gasteiger partial charge in [-0.15, -0.1) is 0 Å². The zero-order valence-electron chi connectivity index (χ0n) is 13.8. The summed E-state index contributed by atoms with van der Waals surface area (Å²) in [5.74, 6) is 0.216. The number of alkyl halides is 1. The molecule has 3 fully saturated rings. The predicted octanol–water partition coefficient (Wildman–Crippen LogP) is 1.66. The molecule has 4 unspecified atom stereocenters. The monoisotopic (exact) mass is 392 g/mol. The van der Waals surface area contributed by atoms with Crippen LogP contribution in [-0.4, -0.2) is 58.8 Å². The Labute approximate surface area is 151 Å². The van der Waals surface area contributed by atoms with Crippen molar-refractivity contribution in [1.82, 2.24) is 20.7 Å². The van der Waals surface area contributed by atoms with Crippen molar-refractivity contribution in [3.8, 4) is 0 Å². The smallest absolute Gasteiger partial charge is 0.242 e. The molecule has 0 saturated carbocycles. The predicted molar refractivity (Wildman–Crippen MR) is 97.7 cm³/mol. The number of rotatable bonds is 2. The topological polar surface area (TPSA) is 47.6 Å². The van der Waals surface area contributed by atoms with E-state index in [1.54, 1.807) is 0 Å². The molecule has 1 aromatic rings. The average molecular weight is 393 g/mol. The van der Waals surface area contributed by atoms with E-state index in [0.29, 0.717) is 6.04 Å². The maximum absolute atomic E-state index is 13.0. The third-order valence-electron chi connectivity index (χ3n) is 5.60. The molecular weight excluding hydrogens is 368 g/mol. The van der Waals surface area contributed by atoms with E-state index in [0.717, 1.165) is 19.6 Å². The summed E-state index contributed by atoms with van der Waals surface area (Å²) in [6.07, 6.45) is 3.83. The van der Waals surface area contributed by atoms with E-state index in [9.17, 15) is 4.79 Å². The van der Waals surface area contributed by atoms with E-state index in [4.69, 9.17) is 0 Å². The Bertz CT molecular complexity index is 584. The number of hydrogen-bond acceptors (Lipinski definition) is 4. The summed E-state index contributed by atoms with van der Waals surface area (Å²) < 4.78 is 0. The van der Waals surface area contributed by atoms with E-state index in [2.05, 4.69) is 48.7 Å². The second-order valence-corrected chi connectivity index (χ2v) is 8.13. The molecule has 0 aromatic heterocycles. The molecule has 1 amide bonds. The Morgan fingerprint density at radius 1 is 1.08 bits per heavy atom. The van der Waals surface area contributed by atoms with Gasteiger partial charge in [-0.3, -0.25) is 9.69 Å². The van der Waals surface area contributed by atoms with Crippen molar-refractivity contribution >= 4 is 21.8 Å². The highest BCUT2D eigenvalue weighted by Gasteiger charge is 2.42. The van der Waals surface area contributed by atoms with Crippen LogP contribution in [0.3, 0.4) is 0 Å². The van der Waals surface area contributed by atoms with Crippen LogP contribution in [0.5, 0.6) is 0 Å². The maximum Gasteiger partial charge on any atom is 0.242 e. The number of hydrazine groups is 1. The van der Waals surface area contributed by atoms with Gasteiger partial charge < -0.3 is 4.90 Å². The molecule has 3 saturated heterocycles. The summed E-state index contributed by atoms with van der Waals surface area (Å²) >= 11 is 3.76. The Balaban J connectivity index is 1.42. The Morgan fingerprint density at radius 2 is 1.92 bits per heavy atom. The Kier molecular flexibility index (Phi) is 4.90. The fourth-order valence-corrected chi connectivity index (χ4v) is 5.01. The van der Waals surface area contributed by atoms with Gasteiger partial charge in [-0.2, -0.15) is 0 Å². The third-order valence-corrected chi connectivity index (χ3v) is 6.66. The van der Waals surface area contributed by atoms with Gasteiger partial charge in [0.25, 0.3) is 0 Å². The molecule has 24 heavy (non-hydrogen) atoms. The molecule has 4 rings (SSSR count). The molecule has 3 aliphatic heterocycles. The first-order valence-electron chi connectivity index (χ1n) is 8.97. The quantitative estimate of drug-likeness (QED) is 0.751. The zero-order chi connectivity index (χ0) is 16.5. The highest BCUT2D eigenvalue weighted by Crippen LogP contribution is 2.30. The van der Waals surface area contributed by atoms with Crippen LogP contribution < -0.4 is 10.9 Å². The molecule has 0 aliphatic carbocycles. The number of nitrogens with zero attached hydrogens (tertiary/aromatic N) is 2. The number of piperazine rings is 1. The normalized spacial score (nSPS) is 34.1. The van der Waals surface area contributed by atoms with E-state index in [1.807, 2.05) is 18.2 Å². The van der Waals surface area contributed by atoms with Gasteiger partial charge in [-0.05, 0) is 24.9 Å². The molecule has 3 heterocycles. The summed E-state index contributed by atoms with van der Waals surface area (Å²) in [5, 5.41) is 0. The van der Waals surface area contributed by atoms with Gasteiger partial charge in [0.2, 0.25) is 5.91 Å². The van der Waals surface area contributed by atoms with Gasteiger partial charge in [0.15, 0.2) is 0 Å². The molecular formula is C18H25BrN4O. The molecule has 0 bridgehead atoms. The first kappa shape index (κ1) is 16.5. The highest BCUT2D eigenvalue weighted by atomic mass is 79.9. The molecule has 6 heteroatoms. The molecule has 4 atom stereocenters. The number of benzene rings is 1. The lowest BCUT2D eigenvalue weighted by Crippen LogP contribution is -2.59. The number of piperidine rings is 1. The number of hydrogen-bond donors (Lipinski definition) is 2. The average Bonchev–Trinajstić information content (AvgIpc) is 3.03. The minimum atomic E-state index is -0.217. The van der Waals surface area contributed by atoms with Gasteiger partial charge >= 0.3 is 0 Å². The van der Waals surface area contributed by atoms with Gasteiger partial charge in [0.05, 0.1) is 10.9 Å². The number of carbonyl (C=O) groups is 1. The summed E-state index contributed by atoms with van der Waals surface area (Å²) in [6.45, 7) is 3.95. The summed E-state index contributed by atoms with van der Waals surface area (Å²) in [5.41, 5.74) is 7.71. The van der Waals surface area contributed by atoms with Crippen LogP contribution in [0.1, 0.15) is 30.9 Å². The summed E-state index contributed by atoms with van der Waals surface area (Å²) in [4.78, 5) is 17.7. The van der Waals surface area contributed by atoms with E-state index in [-0.39, 0.29) is 22.8 Å². The molecule has 5 nitrogen and oxygen atoms in total. The Morgan fingerprint density at radius 3 is 2.75 bits per heavy atom. The van der Waals surface area contributed by atoms with Crippen LogP contribution in [0, 0.1) is 0 Å². The van der Waals surface area contributed by atoms with Crippen LogP contribution in [-0.2, 0) is 4.79 Å². The van der Waals surface area contributed by atoms with Crippen molar-refractivity contribution in [2.75, 3.05) is 26.2 Å². The number of carbonyl (C=O) groups excluding carboxylic acids is 1. The fraction of sp³-hybridized carbons (Fsp3) is 0.611. The lowest BCUT2D eigenvalue weighted by molar-refractivity contribution is -0.136. The van der Waals surface area contributed by atoms with Gasteiger partial charge in [-0.1, -0.05) is 52.7 Å². The maximum atomic E-state index is 13.0. The van der Waals surface area contributed by atoms with Crippen LogP contribution in [0.25, 0.3) is 0 Å². The van der Waals surface area contributed by atoms with Crippen molar-refractivity contribution in [2.24, 2.45) is 0 Å². The minimum absolute atomic E-state index is 0.0526. The number of fused-ring (bicyclic) bond motifs is 1. The van der Waals surface area contributed by atoms with Crippen molar-refractivity contribution in [2.45, 2.75) is 42.2 Å². The van der Waals surface area contributed by atoms with Crippen LogP contribution >= 0.6 is 15.9 Å². The van der Waals surface area contributed by atoms with Crippen molar-refractivity contribution in [3.05, 3.63) is 35.9 Å². The Hall–Kier alpha value is -0.950. The highest BCUT2D eigenvalue weighted by molar-refractivity contribution is 9.09. The number of amides is 1. The molecule has 1 aromatic carbocycles. The second kappa shape index (κ2) is 7.12. The second-order valence-electron chi connectivity index (χ2n) is 7.07. The van der Waals surface area contributed by atoms with Gasteiger partial charge in [-0.25, -0.2) is 10.9 Å². The van der Waals surface area contributed by atoms with Gasteiger partial charge in [0.1, 0.15) is 6.04 Å². The molecule has 0 radical (unpaired) electrons. The first-order chi connectivity index (χ1) is 11.7. The SMILES string of the molecule is O=C(C1NNC(c2ccccc2)C1Br)N1CCN2CCCCC2C1. The van der Waals surface area contributed by atoms with Crippen molar-refractivity contribution < 1.29 is 4.79 Å². The summed E-state index contributed by atoms with van der Waals surface area (Å²) in [6, 6.07) is 10.7. The molecule has 3 aliphatic rings. The minimum Gasteiger partial charge on any atom is -0.338 e. The lowest BCUT2D eigenvalue weighted by Gasteiger charge is -2.44. The molecule has 0 spiro atoms. The van der Waals surface area contributed by atoms with Gasteiger partial charge in [0, 0.05) is 25.7 Å². The van der Waals surface area contributed by atoms with Crippen molar-refractivity contribution in [3.63, 3.8) is 0 Å². The van der Waals surface area contributed by atoms with Crippen LogP contribution in [0.2, 0.25) is 0 Å². The van der Waals surface area contributed by atoms with Crippen LogP contribution in [0.4, 0.5) is 0 Å². The third kappa shape index (κ3) is 3.12. The first-order valence-corrected chi connectivity index (χ1v) is 9.88. The molecule has 130 valence electrons. The standard InChI is InChI=1S/C18H25BrN4O/c19-15-16(13-6-2-1-3-7-13)20-21-17(15)18(24)23-11-10-22-9-5-4-8-14(22)12-23/h1-3,6-7,14-17,20-21H,4-5,8-12H2. The summed E-state index contributed by atoms with van der Waals surface area (Å²) in [7, 11) is 0. The van der Waals surface area contributed by atoms with Crippen LogP contribution in [0.15, 0.2) is 30.3 Å². The lowest BCUT2D eigenvalue weighted by atomic mass is 9.98. The van der Waals surface area contributed by atoms with E-state index < -0.39 is 0 Å². The zero-order valence-corrected chi connectivity index (χ0v) is 15.4. The fourth-order valence-electron chi connectivity index (χ4n) is 4.21. The molecule has 2 N–H and O–H groups in total. The number of halogens is 1. The largest absolute Gasteiger partial charge is 0.338 e. The number of nitrogens with one attached hydrogen (secondary N) is 2. The van der Waals surface area contributed by atoms with E-state index in [1.165, 1.54) is 31.4 Å². The van der Waals surface area contributed by atoms with Crippen molar-refractivity contribution in [1.29, 1.82) is 0 Å². The van der Waals surface area contributed by atoms with E-state index >= 15 is 0 Å².